The number of hydrogen-bond donors (Lipinski definition) is 2. The number of amides is 1. The summed E-state index contributed by atoms with van der Waals surface area (Å²) in [6.07, 6.45) is 2.96. The summed E-state index contributed by atoms with van der Waals surface area (Å²) in [5.41, 5.74) is 1.33. The van der Waals surface area contributed by atoms with Crippen molar-refractivity contribution in [3.63, 3.8) is 0 Å². The lowest BCUT2D eigenvalue weighted by molar-refractivity contribution is -0.122. The largest absolute Gasteiger partial charge is 0.381 e. The quantitative estimate of drug-likeness (QED) is 0.741. The molecule has 1 aromatic carbocycles. The lowest BCUT2D eigenvalue weighted by atomic mass is 9.99. The molecule has 0 radical (unpaired) electrons. The van der Waals surface area contributed by atoms with E-state index in [0.29, 0.717) is 24.5 Å². The summed E-state index contributed by atoms with van der Waals surface area (Å²) < 4.78 is 31.2. The Morgan fingerprint density at radius 1 is 1.26 bits per heavy atom. The molecule has 0 atom stereocenters. The molecule has 7 heteroatoms. The average Bonchev–Trinajstić information content (AvgIpc) is 2.55. The summed E-state index contributed by atoms with van der Waals surface area (Å²) in [4.78, 5) is 12.1. The van der Waals surface area contributed by atoms with Crippen molar-refractivity contribution in [2.24, 2.45) is 5.92 Å². The summed E-state index contributed by atoms with van der Waals surface area (Å²) in [6, 6.07) is 6.84. The second-order valence-electron chi connectivity index (χ2n) is 5.47. The highest BCUT2D eigenvalue weighted by Gasteiger charge is 2.21. The van der Waals surface area contributed by atoms with E-state index in [9.17, 15) is 13.2 Å². The Hall–Kier alpha value is -1.70. The molecule has 23 heavy (non-hydrogen) atoms. The van der Waals surface area contributed by atoms with Gasteiger partial charge in [0.15, 0.2) is 0 Å². The Bertz CT molecular complexity index is 635. The van der Waals surface area contributed by atoms with Crippen molar-refractivity contribution in [2.75, 3.05) is 25.1 Å². The third kappa shape index (κ3) is 5.78. The first-order valence-electron chi connectivity index (χ1n) is 7.56. The van der Waals surface area contributed by atoms with Crippen LogP contribution < -0.4 is 10.0 Å². The van der Waals surface area contributed by atoms with Crippen molar-refractivity contribution in [1.29, 1.82) is 0 Å². The van der Waals surface area contributed by atoms with Gasteiger partial charge in [-0.2, -0.15) is 0 Å². The zero-order valence-electron chi connectivity index (χ0n) is 13.0. The monoisotopic (exact) mass is 338 g/mol. The van der Waals surface area contributed by atoms with Gasteiger partial charge < -0.3 is 10.1 Å². The number of nitrogens with one attached hydrogen (secondary N) is 2. The molecule has 1 heterocycles. The Morgan fingerprint density at radius 2 is 1.91 bits per heavy atom. The molecule has 2 rings (SSSR count). The summed E-state index contributed by atoms with van der Waals surface area (Å²) in [7, 11) is -3.37. The zero-order chi connectivity index (χ0) is 16.7. The molecule has 2 N–H and O–H groups in total. The van der Waals surface area contributed by atoms with Gasteiger partial charge in [0.05, 0.1) is 5.75 Å². The van der Waals surface area contributed by atoms with Crippen LogP contribution in [-0.4, -0.2) is 34.1 Å². The fraction of sp³-hybridized carbons (Fsp3) is 0.438. The van der Waals surface area contributed by atoms with Gasteiger partial charge in [-0.3, -0.25) is 4.79 Å². The third-order valence-corrected chi connectivity index (χ3v) is 4.94. The predicted molar refractivity (Wildman–Crippen MR) is 89.4 cm³/mol. The SMILES string of the molecule is C=CCNS(=O)(=O)Cc1ccc(NC(=O)C2CCOCC2)cc1. The van der Waals surface area contributed by atoms with Crippen LogP contribution in [0.2, 0.25) is 0 Å². The van der Waals surface area contributed by atoms with Gasteiger partial charge in [0.2, 0.25) is 15.9 Å². The van der Waals surface area contributed by atoms with Crippen LogP contribution in [0.25, 0.3) is 0 Å². The molecule has 0 aromatic heterocycles. The van der Waals surface area contributed by atoms with Crippen molar-refractivity contribution < 1.29 is 17.9 Å². The third-order valence-electron chi connectivity index (χ3n) is 3.62. The van der Waals surface area contributed by atoms with E-state index < -0.39 is 10.0 Å². The Kier molecular flexibility index (Phi) is 6.32. The van der Waals surface area contributed by atoms with E-state index in [-0.39, 0.29) is 24.1 Å². The Balaban J connectivity index is 1.91. The molecule has 1 saturated heterocycles. The van der Waals surface area contributed by atoms with Crippen molar-refractivity contribution in [2.45, 2.75) is 18.6 Å². The molecule has 0 bridgehead atoms. The van der Waals surface area contributed by atoms with Crippen LogP contribution in [0.5, 0.6) is 0 Å². The number of ether oxygens (including phenoxy) is 1. The second-order valence-corrected chi connectivity index (χ2v) is 7.28. The molecule has 1 amide bonds. The molecule has 6 nitrogen and oxygen atoms in total. The number of sulfonamides is 1. The molecule has 1 fully saturated rings. The van der Waals surface area contributed by atoms with Crippen molar-refractivity contribution >= 4 is 21.6 Å². The maximum absolute atomic E-state index is 12.1. The lowest BCUT2D eigenvalue weighted by Gasteiger charge is -2.21. The van der Waals surface area contributed by atoms with Crippen molar-refractivity contribution in [1.82, 2.24) is 4.72 Å². The van der Waals surface area contributed by atoms with Crippen LogP contribution in [-0.2, 0) is 25.3 Å². The number of anilines is 1. The van der Waals surface area contributed by atoms with Gasteiger partial charge in [0, 0.05) is 31.4 Å². The van der Waals surface area contributed by atoms with Crippen molar-refractivity contribution in [3.05, 3.63) is 42.5 Å². The molecule has 1 aliphatic heterocycles. The Labute approximate surface area is 137 Å². The van der Waals surface area contributed by atoms with E-state index in [2.05, 4.69) is 16.6 Å². The van der Waals surface area contributed by atoms with Gasteiger partial charge in [-0.15, -0.1) is 6.58 Å². The van der Waals surface area contributed by atoms with Gasteiger partial charge in [-0.1, -0.05) is 18.2 Å². The first-order valence-corrected chi connectivity index (χ1v) is 9.21. The Morgan fingerprint density at radius 3 is 2.52 bits per heavy atom. The van der Waals surface area contributed by atoms with Gasteiger partial charge >= 0.3 is 0 Å². The van der Waals surface area contributed by atoms with E-state index in [4.69, 9.17) is 4.74 Å². The fourth-order valence-corrected chi connectivity index (χ4v) is 3.45. The van der Waals surface area contributed by atoms with Gasteiger partial charge in [0.1, 0.15) is 0 Å². The highest BCUT2D eigenvalue weighted by molar-refractivity contribution is 7.88. The molecule has 126 valence electrons. The smallest absolute Gasteiger partial charge is 0.227 e. The minimum Gasteiger partial charge on any atom is -0.381 e. The number of rotatable bonds is 7. The number of hydrogen-bond acceptors (Lipinski definition) is 4. The molecule has 0 saturated carbocycles. The molecular weight excluding hydrogens is 316 g/mol. The highest BCUT2D eigenvalue weighted by atomic mass is 32.2. The highest BCUT2D eigenvalue weighted by Crippen LogP contribution is 2.18. The lowest BCUT2D eigenvalue weighted by Crippen LogP contribution is -2.28. The van der Waals surface area contributed by atoms with Gasteiger partial charge in [-0.05, 0) is 30.5 Å². The predicted octanol–water partition coefficient (Wildman–Crippen LogP) is 1.66. The van der Waals surface area contributed by atoms with E-state index in [1.54, 1.807) is 24.3 Å². The molecular formula is C16H22N2O4S. The van der Waals surface area contributed by atoms with E-state index in [0.717, 1.165) is 12.8 Å². The van der Waals surface area contributed by atoms with Crippen molar-refractivity contribution in [3.8, 4) is 0 Å². The molecule has 1 aromatic rings. The first-order chi connectivity index (χ1) is 11.0. The maximum atomic E-state index is 12.1. The van der Waals surface area contributed by atoms with Crippen LogP contribution in [0.1, 0.15) is 18.4 Å². The maximum Gasteiger partial charge on any atom is 0.227 e. The van der Waals surface area contributed by atoms with Gasteiger partial charge in [-0.25, -0.2) is 13.1 Å². The number of carbonyl (C=O) groups excluding carboxylic acids is 1. The van der Waals surface area contributed by atoms with Crippen LogP contribution in [0.3, 0.4) is 0 Å². The average molecular weight is 338 g/mol. The van der Waals surface area contributed by atoms with Crippen LogP contribution in [0.15, 0.2) is 36.9 Å². The van der Waals surface area contributed by atoms with Crippen LogP contribution in [0.4, 0.5) is 5.69 Å². The number of carbonyl (C=O) groups is 1. The first kappa shape index (κ1) is 17.7. The molecule has 1 aliphatic rings. The summed E-state index contributed by atoms with van der Waals surface area (Å²) in [6.45, 7) is 4.92. The second kappa shape index (κ2) is 8.24. The van der Waals surface area contributed by atoms with E-state index in [1.807, 2.05) is 0 Å². The van der Waals surface area contributed by atoms with Crippen LogP contribution in [0, 0.1) is 5.92 Å². The summed E-state index contributed by atoms with van der Waals surface area (Å²) in [5, 5.41) is 2.86. The normalized spacial score (nSPS) is 16.0. The fourth-order valence-electron chi connectivity index (χ4n) is 2.34. The molecule has 0 unspecified atom stereocenters. The van der Waals surface area contributed by atoms with E-state index in [1.165, 1.54) is 6.08 Å². The van der Waals surface area contributed by atoms with Gasteiger partial charge in [0.25, 0.3) is 0 Å². The zero-order valence-corrected chi connectivity index (χ0v) is 13.8. The summed E-state index contributed by atoms with van der Waals surface area (Å²) in [5.74, 6) is -0.136. The number of benzene rings is 1. The minimum atomic E-state index is -3.37. The topological polar surface area (TPSA) is 84.5 Å². The van der Waals surface area contributed by atoms with Crippen LogP contribution >= 0.6 is 0 Å². The summed E-state index contributed by atoms with van der Waals surface area (Å²) >= 11 is 0. The standard InChI is InChI=1S/C16H22N2O4S/c1-2-9-17-23(20,21)12-13-3-5-15(6-4-13)18-16(19)14-7-10-22-11-8-14/h2-6,14,17H,1,7-12H2,(H,18,19). The van der Waals surface area contributed by atoms with E-state index >= 15 is 0 Å². The minimum absolute atomic E-state index is 0.0127. The molecule has 0 aliphatic carbocycles. The molecule has 0 spiro atoms.